The zero-order valence-electron chi connectivity index (χ0n) is 16.9. The average molecular weight is 377 g/mol. The zero-order chi connectivity index (χ0) is 20.3. The lowest BCUT2D eigenvalue weighted by Gasteiger charge is -2.23. The Morgan fingerprint density at radius 3 is 2.54 bits per heavy atom. The maximum absolute atomic E-state index is 13.1. The molecule has 3 rings (SSSR count). The molecule has 1 unspecified atom stereocenters. The molecule has 28 heavy (non-hydrogen) atoms. The van der Waals surface area contributed by atoms with Crippen molar-refractivity contribution in [3.8, 4) is 0 Å². The summed E-state index contributed by atoms with van der Waals surface area (Å²) in [4.78, 5) is 30.7. The Labute approximate surface area is 165 Å². The number of nitrogens with one attached hydrogen (secondary N) is 2. The molecule has 3 aromatic rings. The Kier molecular flexibility index (Phi) is 5.95. The molecular weight excluding hydrogens is 350 g/mol. The van der Waals surface area contributed by atoms with Crippen molar-refractivity contribution in [1.29, 1.82) is 0 Å². The Hall–Kier alpha value is -2.92. The Morgan fingerprint density at radius 1 is 1.11 bits per heavy atom. The van der Waals surface area contributed by atoms with Gasteiger partial charge < -0.3 is 10.3 Å². The molecule has 1 atom stereocenters. The standard InChI is InChI=1S/C23H27N3O2/c1-5-17-10-6-8-12-19(17)25-21(27)14-26(4)16(3)23(28)22-15(2)24-20-13-9-7-11-18(20)22/h6-13,16,24H,5,14H2,1-4H3,(H,25,27). The van der Waals surface area contributed by atoms with Crippen molar-refractivity contribution in [2.45, 2.75) is 33.2 Å². The number of Topliss-reactive ketones (excluding diaryl/α,β-unsaturated/α-hetero) is 1. The lowest BCUT2D eigenvalue weighted by molar-refractivity contribution is -0.117. The molecule has 1 amide bonds. The number of likely N-dealkylation sites (N-methyl/N-ethyl adjacent to an activating group) is 1. The summed E-state index contributed by atoms with van der Waals surface area (Å²) in [5, 5.41) is 3.89. The Balaban J connectivity index is 1.71. The lowest BCUT2D eigenvalue weighted by atomic mass is 10.0. The number of amides is 1. The van der Waals surface area contributed by atoms with Crippen molar-refractivity contribution in [3.05, 3.63) is 65.4 Å². The predicted molar refractivity (Wildman–Crippen MR) is 114 cm³/mol. The molecule has 0 saturated carbocycles. The number of carbonyl (C=O) groups excluding carboxylic acids is 2. The number of hydrogen-bond donors (Lipinski definition) is 2. The van der Waals surface area contributed by atoms with Crippen LogP contribution in [0.1, 0.15) is 35.5 Å². The molecule has 0 spiro atoms. The molecule has 0 saturated heterocycles. The number of ketones is 1. The van der Waals surface area contributed by atoms with Crippen LogP contribution in [0, 0.1) is 6.92 Å². The Bertz CT molecular complexity index is 1010. The first-order valence-electron chi connectivity index (χ1n) is 9.61. The predicted octanol–water partition coefficient (Wildman–Crippen LogP) is 4.18. The van der Waals surface area contributed by atoms with Gasteiger partial charge in [0.2, 0.25) is 5.91 Å². The first kappa shape index (κ1) is 19.8. The SMILES string of the molecule is CCc1ccccc1NC(=O)CN(C)C(C)C(=O)c1c(C)[nH]c2ccccc12. The molecule has 1 heterocycles. The summed E-state index contributed by atoms with van der Waals surface area (Å²) in [6.45, 7) is 5.96. The minimum atomic E-state index is -0.412. The van der Waals surface area contributed by atoms with Crippen LogP contribution in [0.2, 0.25) is 0 Å². The summed E-state index contributed by atoms with van der Waals surface area (Å²) < 4.78 is 0. The second kappa shape index (κ2) is 8.40. The fourth-order valence-electron chi connectivity index (χ4n) is 3.51. The largest absolute Gasteiger partial charge is 0.358 e. The smallest absolute Gasteiger partial charge is 0.238 e. The molecule has 0 aliphatic heterocycles. The van der Waals surface area contributed by atoms with Crippen molar-refractivity contribution in [3.63, 3.8) is 0 Å². The number of rotatable bonds is 7. The molecule has 146 valence electrons. The number of anilines is 1. The van der Waals surface area contributed by atoms with E-state index in [0.717, 1.165) is 34.3 Å². The van der Waals surface area contributed by atoms with Crippen molar-refractivity contribution in [1.82, 2.24) is 9.88 Å². The number of aryl methyl sites for hydroxylation is 2. The van der Waals surface area contributed by atoms with Gasteiger partial charge in [-0.15, -0.1) is 0 Å². The molecule has 2 aromatic carbocycles. The second-order valence-electron chi connectivity index (χ2n) is 7.18. The Morgan fingerprint density at radius 2 is 1.79 bits per heavy atom. The van der Waals surface area contributed by atoms with Crippen LogP contribution in [-0.2, 0) is 11.2 Å². The first-order valence-corrected chi connectivity index (χ1v) is 9.61. The highest BCUT2D eigenvalue weighted by Gasteiger charge is 2.25. The third kappa shape index (κ3) is 3.99. The van der Waals surface area contributed by atoms with Gasteiger partial charge >= 0.3 is 0 Å². The van der Waals surface area contributed by atoms with E-state index < -0.39 is 6.04 Å². The van der Waals surface area contributed by atoms with Crippen LogP contribution in [0.4, 0.5) is 5.69 Å². The number of aromatic nitrogens is 1. The van der Waals surface area contributed by atoms with E-state index in [4.69, 9.17) is 0 Å². The van der Waals surface area contributed by atoms with Crippen LogP contribution in [0.3, 0.4) is 0 Å². The van der Waals surface area contributed by atoms with Crippen LogP contribution < -0.4 is 5.32 Å². The maximum Gasteiger partial charge on any atom is 0.238 e. The molecule has 1 aromatic heterocycles. The zero-order valence-corrected chi connectivity index (χ0v) is 16.9. The van der Waals surface area contributed by atoms with Gasteiger partial charge in [-0.2, -0.15) is 0 Å². The molecule has 0 bridgehead atoms. The topological polar surface area (TPSA) is 65.2 Å². The molecule has 5 heteroatoms. The van der Waals surface area contributed by atoms with Crippen LogP contribution >= 0.6 is 0 Å². The fourth-order valence-corrected chi connectivity index (χ4v) is 3.51. The van der Waals surface area contributed by atoms with E-state index in [9.17, 15) is 9.59 Å². The summed E-state index contributed by atoms with van der Waals surface area (Å²) >= 11 is 0. The van der Waals surface area contributed by atoms with Gasteiger partial charge in [0.1, 0.15) is 0 Å². The number of hydrogen-bond acceptors (Lipinski definition) is 3. The van der Waals surface area contributed by atoms with E-state index in [0.29, 0.717) is 5.56 Å². The first-order chi connectivity index (χ1) is 13.4. The highest BCUT2D eigenvalue weighted by atomic mass is 16.2. The third-order valence-corrected chi connectivity index (χ3v) is 5.25. The molecule has 0 radical (unpaired) electrons. The minimum absolute atomic E-state index is 0.0132. The maximum atomic E-state index is 13.1. The summed E-state index contributed by atoms with van der Waals surface area (Å²) in [6, 6.07) is 15.2. The number of para-hydroxylation sites is 2. The van der Waals surface area contributed by atoms with E-state index in [-0.39, 0.29) is 18.2 Å². The molecule has 0 aliphatic carbocycles. The van der Waals surface area contributed by atoms with Crippen molar-refractivity contribution >= 4 is 28.3 Å². The number of H-pyrrole nitrogens is 1. The molecule has 0 aliphatic rings. The van der Waals surface area contributed by atoms with E-state index in [1.165, 1.54) is 0 Å². The van der Waals surface area contributed by atoms with E-state index >= 15 is 0 Å². The van der Waals surface area contributed by atoms with Crippen molar-refractivity contribution < 1.29 is 9.59 Å². The highest BCUT2D eigenvalue weighted by molar-refractivity contribution is 6.11. The monoisotopic (exact) mass is 377 g/mol. The van der Waals surface area contributed by atoms with Crippen LogP contribution in [0.15, 0.2) is 48.5 Å². The fraction of sp³-hybridized carbons (Fsp3) is 0.304. The second-order valence-corrected chi connectivity index (χ2v) is 7.18. The summed E-state index contributed by atoms with van der Waals surface area (Å²) in [6.07, 6.45) is 0.848. The highest BCUT2D eigenvalue weighted by Crippen LogP contribution is 2.24. The number of aromatic amines is 1. The molecule has 2 N–H and O–H groups in total. The van der Waals surface area contributed by atoms with Crippen LogP contribution in [0.25, 0.3) is 10.9 Å². The third-order valence-electron chi connectivity index (χ3n) is 5.25. The van der Waals surface area contributed by atoms with Gasteiger partial charge in [-0.25, -0.2) is 0 Å². The number of carbonyl (C=O) groups is 2. The molecule has 5 nitrogen and oxygen atoms in total. The van der Waals surface area contributed by atoms with Gasteiger partial charge in [-0.05, 0) is 45.0 Å². The summed E-state index contributed by atoms with van der Waals surface area (Å²) in [5.74, 6) is -0.113. The quantitative estimate of drug-likeness (QED) is 0.607. The van der Waals surface area contributed by atoms with E-state index in [1.54, 1.807) is 11.9 Å². The average Bonchev–Trinajstić information content (AvgIpc) is 3.02. The van der Waals surface area contributed by atoms with Gasteiger partial charge in [0.05, 0.1) is 12.6 Å². The van der Waals surface area contributed by atoms with Crippen LogP contribution in [-0.4, -0.2) is 41.2 Å². The van der Waals surface area contributed by atoms with Gasteiger partial charge in [-0.1, -0.05) is 43.3 Å². The normalized spacial score (nSPS) is 12.3. The van der Waals surface area contributed by atoms with Gasteiger partial charge in [-0.3, -0.25) is 14.5 Å². The van der Waals surface area contributed by atoms with Gasteiger partial charge in [0.15, 0.2) is 5.78 Å². The lowest BCUT2D eigenvalue weighted by Crippen LogP contribution is -2.41. The van der Waals surface area contributed by atoms with Gasteiger partial charge in [0.25, 0.3) is 0 Å². The van der Waals surface area contributed by atoms with Crippen molar-refractivity contribution in [2.75, 3.05) is 18.9 Å². The number of nitrogens with zero attached hydrogens (tertiary/aromatic N) is 1. The summed E-state index contributed by atoms with van der Waals surface area (Å²) in [5.41, 5.74) is 4.43. The summed E-state index contributed by atoms with van der Waals surface area (Å²) in [7, 11) is 1.80. The van der Waals surface area contributed by atoms with Crippen LogP contribution in [0.5, 0.6) is 0 Å². The van der Waals surface area contributed by atoms with Crippen molar-refractivity contribution in [2.24, 2.45) is 0 Å². The van der Waals surface area contributed by atoms with Gasteiger partial charge in [0, 0.05) is 27.8 Å². The molecule has 0 fully saturated rings. The minimum Gasteiger partial charge on any atom is -0.358 e. The van der Waals surface area contributed by atoms with E-state index in [2.05, 4.69) is 17.2 Å². The van der Waals surface area contributed by atoms with E-state index in [1.807, 2.05) is 62.4 Å². The number of fused-ring (bicyclic) bond motifs is 1. The number of benzene rings is 2. The molecular formula is C23H27N3O2.